The lowest BCUT2D eigenvalue weighted by Crippen LogP contribution is -2.00. The molecule has 0 atom stereocenters. The molecule has 12 heavy (non-hydrogen) atoms. The molecule has 0 aromatic heterocycles. The molecule has 2 heteroatoms. The molecule has 0 fully saturated rings. The fourth-order valence-electron chi connectivity index (χ4n) is 0.759. The van der Waals surface area contributed by atoms with Gasteiger partial charge < -0.3 is 0 Å². The molecule has 0 aromatic carbocycles. The normalized spacial score (nSPS) is 10.1. The summed E-state index contributed by atoms with van der Waals surface area (Å²) in [5.74, 6) is 2.61. The third-order valence-electron chi connectivity index (χ3n) is 1.15. The zero-order valence-electron chi connectivity index (χ0n) is 8.39. The van der Waals surface area contributed by atoms with Crippen LogP contribution < -0.4 is 0 Å². The average Bonchev–Trinajstić information content (AvgIpc) is 1.84. The molecule has 0 bridgehead atoms. The van der Waals surface area contributed by atoms with E-state index >= 15 is 0 Å². The first-order valence-electron chi connectivity index (χ1n) is 4.28. The SMILES string of the molecule is CC(C)=CC(=O)CSCC(C)C. The van der Waals surface area contributed by atoms with Gasteiger partial charge in [0.15, 0.2) is 5.78 Å². The van der Waals surface area contributed by atoms with Crippen molar-refractivity contribution >= 4 is 17.5 Å². The van der Waals surface area contributed by atoms with E-state index in [0.29, 0.717) is 11.7 Å². The predicted molar refractivity (Wildman–Crippen MR) is 56.6 cm³/mol. The Bertz CT molecular complexity index is 167. The third-order valence-corrected chi connectivity index (χ3v) is 2.54. The van der Waals surface area contributed by atoms with Crippen LogP contribution in [0, 0.1) is 5.92 Å². The summed E-state index contributed by atoms with van der Waals surface area (Å²) in [6.45, 7) is 8.23. The Hall–Kier alpha value is -0.240. The monoisotopic (exact) mass is 186 g/mol. The van der Waals surface area contributed by atoms with Crippen LogP contribution in [0.15, 0.2) is 11.6 Å². The summed E-state index contributed by atoms with van der Waals surface area (Å²) in [6, 6.07) is 0. The summed E-state index contributed by atoms with van der Waals surface area (Å²) in [6.07, 6.45) is 1.72. The predicted octanol–water partition coefficient (Wildman–Crippen LogP) is 2.91. The highest BCUT2D eigenvalue weighted by molar-refractivity contribution is 7.99. The molecular weight excluding hydrogens is 168 g/mol. The van der Waals surface area contributed by atoms with Gasteiger partial charge in [-0.05, 0) is 31.6 Å². The van der Waals surface area contributed by atoms with E-state index in [1.807, 2.05) is 13.8 Å². The van der Waals surface area contributed by atoms with Gasteiger partial charge >= 0.3 is 0 Å². The quantitative estimate of drug-likeness (QED) is 0.614. The van der Waals surface area contributed by atoms with Gasteiger partial charge in [0.1, 0.15) is 0 Å². The van der Waals surface area contributed by atoms with Gasteiger partial charge in [0.05, 0.1) is 5.75 Å². The minimum atomic E-state index is 0.237. The molecular formula is C10H18OS. The Morgan fingerprint density at radius 2 is 2.00 bits per heavy atom. The second kappa shape index (κ2) is 6.30. The largest absolute Gasteiger partial charge is 0.294 e. The summed E-state index contributed by atoms with van der Waals surface area (Å²) in [4.78, 5) is 11.1. The number of carbonyl (C=O) groups is 1. The maximum absolute atomic E-state index is 11.1. The molecule has 0 heterocycles. The number of hydrogen-bond acceptors (Lipinski definition) is 2. The van der Waals surface area contributed by atoms with Crippen LogP contribution in [-0.4, -0.2) is 17.3 Å². The molecule has 0 radical (unpaired) electrons. The summed E-state index contributed by atoms with van der Waals surface area (Å²) in [7, 11) is 0. The molecule has 0 amide bonds. The van der Waals surface area contributed by atoms with Crippen LogP contribution in [0.2, 0.25) is 0 Å². The van der Waals surface area contributed by atoms with Crippen molar-refractivity contribution in [3.63, 3.8) is 0 Å². The van der Waals surface area contributed by atoms with E-state index in [2.05, 4.69) is 13.8 Å². The number of rotatable bonds is 5. The van der Waals surface area contributed by atoms with Crippen LogP contribution in [0.1, 0.15) is 27.7 Å². The Kier molecular flexibility index (Phi) is 6.17. The van der Waals surface area contributed by atoms with Crippen molar-refractivity contribution in [1.82, 2.24) is 0 Å². The van der Waals surface area contributed by atoms with Crippen LogP contribution in [-0.2, 0) is 4.79 Å². The van der Waals surface area contributed by atoms with Crippen LogP contribution in [0.3, 0.4) is 0 Å². The number of allylic oxidation sites excluding steroid dienone is 2. The van der Waals surface area contributed by atoms with Gasteiger partial charge in [-0.3, -0.25) is 4.79 Å². The zero-order chi connectivity index (χ0) is 9.56. The molecule has 0 saturated heterocycles. The van der Waals surface area contributed by atoms with E-state index in [9.17, 15) is 4.79 Å². The van der Waals surface area contributed by atoms with Gasteiger partial charge in [0.2, 0.25) is 0 Å². The van der Waals surface area contributed by atoms with E-state index in [0.717, 1.165) is 11.3 Å². The van der Waals surface area contributed by atoms with Crippen molar-refractivity contribution in [2.75, 3.05) is 11.5 Å². The van der Waals surface area contributed by atoms with Crippen LogP contribution in [0.5, 0.6) is 0 Å². The zero-order valence-corrected chi connectivity index (χ0v) is 9.20. The molecule has 0 aliphatic heterocycles. The molecule has 0 unspecified atom stereocenters. The van der Waals surface area contributed by atoms with E-state index in [-0.39, 0.29) is 5.78 Å². The Morgan fingerprint density at radius 3 is 2.42 bits per heavy atom. The van der Waals surface area contributed by atoms with Gasteiger partial charge in [-0.1, -0.05) is 19.4 Å². The topological polar surface area (TPSA) is 17.1 Å². The lowest BCUT2D eigenvalue weighted by Gasteiger charge is -2.01. The lowest BCUT2D eigenvalue weighted by molar-refractivity contribution is -0.112. The van der Waals surface area contributed by atoms with Crippen LogP contribution >= 0.6 is 11.8 Å². The highest BCUT2D eigenvalue weighted by atomic mass is 32.2. The fraction of sp³-hybridized carbons (Fsp3) is 0.700. The minimum Gasteiger partial charge on any atom is -0.294 e. The molecule has 0 rings (SSSR count). The van der Waals surface area contributed by atoms with Gasteiger partial charge in [-0.2, -0.15) is 11.8 Å². The van der Waals surface area contributed by atoms with E-state index in [1.165, 1.54) is 0 Å². The molecule has 0 N–H and O–H groups in total. The van der Waals surface area contributed by atoms with Crippen molar-refractivity contribution in [2.24, 2.45) is 5.92 Å². The lowest BCUT2D eigenvalue weighted by atomic mass is 10.3. The Balaban J connectivity index is 3.52. The van der Waals surface area contributed by atoms with Crippen molar-refractivity contribution in [2.45, 2.75) is 27.7 Å². The molecule has 70 valence electrons. The highest BCUT2D eigenvalue weighted by Crippen LogP contribution is 2.07. The Morgan fingerprint density at radius 1 is 1.42 bits per heavy atom. The van der Waals surface area contributed by atoms with Crippen molar-refractivity contribution in [3.05, 3.63) is 11.6 Å². The number of thioether (sulfide) groups is 1. The summed E-state index contributed by atoms with van der Waals surface area (Å²) >= 11 is 1.72. The highest BCUT2D eigenvalue weighted by Gasteiger charge is 1.99. The Labute approximate surface area is 79.6 Å². The maximum Gasteiger partial charge on any atom is 0.165 e. The third kappa shape index (κ3) is 7.86. The molecule has 0 spiro atoms. The molecule has 0 aliphatic rings. The second-order valence-corrected chi connectivity index (χ2v) is 4.63. The molecule has 0 aromatic rings. The number of carbonyl (C=O) groups excluding carboxylic acids is 1. The minimum absolute atomic E-state index is 0.237. The van der Waals surface area contributed by atoms with E-state index < -0.39 is 0 Å². The van der Waals surface area contributed by atoms with E-state index in [4.69, 9.17) is 0 Å². The second-order valence-electron chi connectivity index (χ2n) is 3.60. The molecule has 0 aliphatic carbocycles. The average molecular weight is 186 g/mol. The van der Waals surface area contributed by atoms with Crippen molar-refractivity contribution in [3.8, 4) is 0 Å². The van der Waals surface area contributed by atoms with E-state index in [1.54, 1.807) is 17.8 Å². The van der Waals surface area contributed by atoms with Crippen LogP contribution in [0.25, 0.3) is 0 Å². The summed E-state index contributed by atoms with van der Waals surface area (Å²) < 4.78 is 0. The number of ketones is 1. The standard InChI is InChI=1S/C10H18OS/c1-8(2)5-10(11)7-12-6-9(3)4/h5,9H,6-7H2,1-4H3. The van der Waals surface area contributed by atoms with Gasteiger partial charge in [-0.15, -0.1) is 0 Å². The van der Waals surface area contributed by atoms with Gasteiger partial charge in [0, 0.05) is 0 Å². The van der Waals surface area contributed by atoms with Crippen molar-refractivity contribution < 1.29 is 4.79 Å². The first kappa shape index (κ1) is 11.8. The fourth-order valence-corrected chi connectivity index (χ4v) is 1.63. The number of hydrogen-bond donors (Lipinski definition) is 0. The van der Waals surface area contributed by atoms with Crippen LogP contribution in [0.4, 0.5) is 0 Å². The summed E-state index contributed by atoms with van der Waals surface area (Å²) in [5, 5.41) is 0. The van der Waals surface area contributed by atoms with Crippen molar-refractivity contribution in [1.29, 1.82) is 0 Å². The van der Waals surface area contributed by atoms with Gasteiger partial charge in [-0.25, -0.2) is 0 Å². The first-order valence-corrected chi connectivity index (χ1v) is 5.43. The molecule has 1 nitrogen and oxygen atoms in total. The first-order chi connectivity index (χ1) is 5.52. The summed E-state index contributed by atoms with van der Waals surface area (Å²) in [5.41, 5.74) is 1.09. The maximum atomic E-state index is 11.1. The smallest absolute Gasteiger partial charge is 0.165 e. The van der Waals surface area contributed by atoms with Gasteiger partial charge in [0.25, 0.3) is 0 Å². The molecule has 0 saturated carbocycles.